The van der Waals surface area contributed by atoms with E-state index in [1.165, 1.54) is 7.11 Å². The smallest absolute Gasteiger partial charge is 0.333 e. The van der Waals surface area contributed by atoms with Gasteiger partial charge >= 0.3 is 5.97 Å². The van der Waals surface area contributed by atoms with Gasteiger partial charge in [0, 0.05) is 23.2 Å². The van der Waals surface area contributed by atoms with Crippen LogP contribution in [-0.4, -0.2) is 19.6 Å². The number of methoxy groups -OCH3 is 1. The molecule has 0 aromatic heterocycles. The van der Waals surface area contributed by atoms with Gasteiger partial charge in [-0.1, -0.05) is 36.7 Å². The first kappa shape index (κ1) is 15.7. The van der Waals surface area contributed by atoms with Crippen LogP contribution in [0.5, 0.6) is 0 Å². The van der Waals surface area contributed by atoms with Gasteiger partial charge in [0.25, 0.3) is 0 Å². The molecule has 0 amide bonds. The molecule has 0 radical (unpaired) electrons. The SMILES string of the molecule is CC/C(=C/CN[C@@H](C)c1ccc(Cl)cc1)C(=O)OC. The van der Waals surface area contributed by atoms with Crippen LogP contribution in [0.3, 0.4) is 0 Å². The van der Waals surface area contributed by atoms with E-state index in [0.29, 0.717) is 18.5 Å². The summed E-state index contributed by atoms with van der Waals surface area (Å²) in [7, 11) is 1.40. The van der Waals surface area contributed by atoms with Gasteiger partial charge in [0.15, 0.2) is 0 Å². The van der Waals surface area contributed by atoms with Crippen molar-refractivity contribution in [3.63, 3.8) is 0 Å². The summed E-state index contributed by atoms with van der Waals surface area (Å²) >= 11 is 5.85. The zero-order valence-corrected chi connectivity index (χ0v) is 12.3. The van der Waals surface area contributed by atoms with Gasteiger partial charge < -0.3 is 10.1 Å². The van der Waals surface area contributed by atoms with Crippen LogP contribution in [0.15, 0.2) is 35.9 Å². The van der Waals surface area contributed by atoms with Gasteiger partial charge in [0.05, 0.1) is 7.11 Å². The second kappa shape index (κ2) is 7.97. The molecule has 0 unspecified atom stereocenters. The van der Waals surface area contributed by atoms with Crippen LogP contribution < -0.4 is 5.32 Å². The average molecular weight is 282 g/mol. The van der Waals surface area contributed by atoms with Gasteiger partial charge in [-0.05, 0) is 31.0 Å². The van der Waals surface area contributed by atoms with Crippen LogP contribution in [0, 0.1) is 0 Å². The molecule has 4 heteroatoms. The fourth-order valence-electron chi connectivity index (χ4n) is 1.73. The molecule has 0 spiro atoms. The fraction of sp³-hybridized carbons (Fsp3) is 0.400. The Bertz CT molecular complexity index is 440. The Balaban J connectivity index is 2.54. The summed E-state index contributed by atoms with van der Waals surface area (Å²) in [6.07, 6.45) is 2.54. The van der Waals surface area contributed by atoms with Gasteiger partial charge in [-0.25, -0.2) is 4.79 Å². The van der Waals surface area contributed by atoms with Crippen molar-refractivity contribution < 1.29 is 9.53 Å². The van der Waals surface area contributed by atoms with Crippen LogP contribution in [-0.2, 0) is 9.53 Å². The van der Waals surface area contributed by atoms with Crippen LogP contribution in [0.1, 0.15) is 31.9 Å². The molecule has 0 aliphatic carbocycles. The molecule has 1 aromatic rings. The Morgan fingerprint density at radius 1 is 1.42 bits per heavy atom. The molecule has 0 saturated carbocycles. The Morgan fingerprint density at radius 2 is 2.05 bits per heavy atom. The number of ether oxygens (including phenoxy) is 1. The maximum atomic E-state index is 11.4. The molecule has 0 aliphatic heterocycles. The Kier molecular flexibility index (Phi) is 6.60. The standard InChI is InChI=1S/C15H20ClNO2/c1-4-12(15(18)19-3)9-10-17-11(2)13-5-7-14(16)8-6-13/h5-9,11,17H,4,10H2,1-3H3/b12-9-/t11-/m0/s1. The zero-order chi connectivity index (χ0) is 14.3. The summed E-state index contributed by atoms with van der Waals surface area (Å²) < 4.78 is 4.71. The third-order valence-electron chi connectivity index (χ3n) is 2.97. The molecule has 19 heavy (non-hydrogen) atoms. The summed E-state index contributed by atoms with van der Waals surface area (Å²) in [6.45, 7) is 4.63. The summed E-state index contributed by atoms with van der Waals surface area (Å²) in [6, 6.07) is 7.92. The molecule has 1 atom stereocenters. The van der Waals surface area contributed by atoms with Crippen molar-refractivity contribution >= 4 is 17.6 Å². The maximum absolute atomic E-state index is 11.4. The number of hydrogen-bond acceptors (Lipinski definition) is 3. The number of carbonyl (C=O) groups excluding carboxylic acids is 1. The second-order valence-corrected chi connectivity index (χ2v) is 4.69. The van der Waals surface area contributed by atoms with Crippen LogP contribution in [0.25, 0.3) is 0 Å². The minimum Gasteiger partial charge on any atom is -0.466 e. The van der Waals surface area contributed by atoms with E-state index in [-0.39, 0.29) is 12.0 Å². The van der Waals surface area contributed by atoms with E-state index in [4.69, 9.17) is 16.3 Å². The first-order chi connectivity index (χ1) is 9.08. The molecular weight excluding hydrogens is 262 g/mol. The summed E-state index contributed by atoms with van der Waals surface area (Å²) in [5.74, 6) is -0.261. The van der Waals surface area contributed by atoms with Gasteiger partial charge in [-0.3, -0.25) is 0 Å². The minimum absolute atomic E-state index is 0.198. The molecule has 0 saturated heterocycles. The molecule has 0 heterocycles. The quantitative estimate of drug-likeness (QED) is 0.641. The largest absolute Gasteiger partial charge is 0.466 e. The zero-order valence-electron chi connectivity index (χ0n) is 11.6. The Hall–Kier alpha value is -1.32. The monoisotopic (exact) mass is 281 g/mol. The van der Waals surface area contributed by atoms with Gasteiger partial charge in [-0.2, -0.15) is 0 Å². The molecular formula is C15H20ClNO2. The molecule has 1 N–H and O–H groups in total. The van der Waals surface area contributed by atoms with Crippen molar-refractivity contribution in [1.82, 2.24) is 5.32 Å². The van der Waals surface area contributed by atoms with Gasteiger partial charge in [0.2, 0.25) is 0 Å². The number of hydrogen-bond donors (Lipinski definition) is 1. The number of carbonyl (C=O) groups is 1. The van der Waals surface area contributed by atoms with Crippen molar-refractivity contribution in [2.75, 3.05) is 13.7 Å². The number of rotatable bonds is 6. The highest BCUT2D eigenvalue weighted by molar-refractivity contribution is 6.30. The van der Waals surface area contributed by atoms with E-state index in [1.807, 2.05) is 37.3 Å². The summed E-state index contributed by atoms with van der Waals surface area (Å²) in [5, 5.41) is 4.07. The molecule has 1 rings (SSSR count). The van der Waals surface area contributed by atoms with Crippen molar-refractivity contribution in [2.24, 2.45) is 0 Å². The van der Waals surface area contributed by atoms with Gasteiger partial charge in [-0.15, -0.1) is 0 Å². The lowest BCUT2D eigenvalue weighted by molar-refractivity contribution is -0.136. The first-order valence-corrected chi connectivity index (χ1v) is 6.72. The number of halogens is 1. The van der Waals surface area contributed by atoms with Crippen LogP contribution in [0.2, 0.25) is 5.02 Å². The van der Waals surface area contributed by atoms with Crippen molar-refractivity contribution in [3.8, 4) is 0 Å². The topological polar surface area (TPSA) is 38.3 Å². The fourth-order valence-corrected chi connectivity index (χ4v) is 1.86. The highest BCUT2D eigenvalue weighted by atomic mass is 35.5. The van der Waals surface area contributed by atoms with Crippen LogP contribution in [0.4, 0.5) is 0 Å². The van der Waals surface area contributed by atoms with E-state index in [1.54, 1.807) is 0 Å². The predicted octanol–water partition coefficient (Wildman–Crippen LogP) is 3.50. The van der Waals surface area contributed by atoms with E-state index in [0.717, 1.165) is 10.6 Å². The van der Waals surface area contributed by atoms with E-state index >= 15 is 0 Å². The number of esters is 1. The molecule has 3 nitrogen and oxygen atoms in total. The average Bonchev–Trinajstić information content (AvgIpc) is 2.43. The molecule has 0 aliphatic rings. The number of nitrogens with one attached hydrogen (secondary N) is 1. The maximum Gasteiger partial charge on any atom is 0.333 e. The third kappa shape index (κ3) is 5.05. The van der Waals surface area contributed by atoms with Crippen molar-refractivity contribution in [3.05, 3.63) is 46.5 Å². The summed E-state index contributed by atoms with van der Waals surface area (Å²) in [5.41, 5.74) is 1.85. The first-order valence-electron chi connectivity index (χ1n) is 6.34. The Labute approximate surface area is 119 Å². The lowest BCUT2D eigenvalue weighted by Gasteiger charge is -2.13. The highest BCUT2D eigenvalue weighted by Crippen LogP contribution is 2.15. The highest BCUT2D eigenvalue weighted by Gasteiger charge is 2.07. The van der Waals surface area contributed by atoms with E-state index < -0.39 is 0 Å². The normalized spacial score (nSPS) is 13.2. The van der Waals surface area contributed by atoms with Crippen molar-refractivity contribution in [1.29, 1.82) is 0 Å². The van der Waals surface area contributed by atoms with Gasteiger partial charge in [0.1, 0.15) is 0 Å². The lowest BCUT2D eigenvalue weighted by atomic mass is 10.1. The third-order valence-corrected chi connectivity index (χ3v) is 3.22. The molecule has 1 aromatic carbocycles. The molecule has 0 fully saturated rings. The van der Waals surface area contributed by atoms with E-state index in [2.05, 4.69) is 12.2 Å². The predicted molar refractivity (Wildman–Crippen MR) is 78.3 cm³/mol. The van der Waals surface area contributed by atoms with Crippen LogP contribution >= 0.6 is 11.6 Å². The molecule has 104 valence electrons. The minimum atomic E-state index is -0.261. The molecule has 0 bridgehead atoms. The summed E-state index contributed by atoms with van der Waals surface area (Å²) in [4.78, 5) is 11.4. The number of benzene rings is 1. The van der Waals surface area contributed by atoms with Crippen molar-refractivity contribution in [2.45, 2.75) is 26.3 Å². The lowest BCUT2D eigenvalue weighted by Crippen LogP contribution is -2.19. The second-order valence-electron chi connectivity index (χ2n) is 4.26. The Morgan fingerprint density at radius 3 is 2.58 bits per heavy atom. The van der Waals surface area contributed by atoms with E-state index in [9.17, 15) is 4.79 Å².